The molecule has 2 heterocycles. The number of carbonyl (C=O) groups is 2. The Morgan fingerprint density at radius 2 is 1.77 bits per heavy atom. The zero-order valence-corrected chi connectivity index (χ0v) is 17.6. The first-order chi connectivity index (χ1) is 15.0. The first-order valence-corrected chi connectivity index (χ1v) is 10.2. The van der Waals surface area contributed by atoms with Crippen molar-refractivity contribution in [3.8, 4) is 5.75 Å². The first kappa shape index (κ1) is 20.7. The fourth-order valence-corrected chi connectivity index (χ4v) is 3.82. The fourth-order valence-electron chi connectivity index (χ4n) is 3.82. The van der Waals surface area contributed by atoms with Gasteiger partial charge >= 0.3 is 6.03 Å². The van der Waals surface area contributed by atoms with Crippen LogP contribution in [-0.4, -0.2) is 45.4 Å². The van der Waals surface area contributed by atoms with E-state index in [1.807, 2.05) is 24.3 Å². The highest BCUT2D eigenvalue weighted by molar-refractivity contribution is 6.06. The molecule has 162 valence electrons. The van der Waals surface area contributed by atoms with E-state index >= 15 is 0 Å². The monoisotopic (exact) mass is 422 g/mol. The molecule has 0 saturated carbocycles. The number of hydrogen-bond acceptors (Lipinski definition) is 5. The zero-order chi connectivity index (χ0) is 21.8. The van der Waals surface area contributed by atoms with Crippen LogP contribution in [0.2, 0.25) is 0 Å². The molecular formula is C23H26N4O4. The number of nitrogens with one attached hydrogen (secondary N) is 3. The normalized spacial score (nSPS) is 18.8. The lowest BCUT2D eigenvalue weighted by atomic mass is 9.94. The summed E-state index contributed by atoms with van der Waals surface area (Å²) in [5.41, 5.74) is 3.57. The molecule has 31 heavy (non-hydrogen) atoms. The van der Waals surface area contributed by atoms with Gasteiger partial charge in [-0.2, -0.15) is 0 Å². The summed E-state index contributed by atoms with van der Waals surface area (Å²) in [5, 5.41) is 8.48. The molecule has 1 atom stereocenters. The van der Waals surface area contributed by atoms with Crippen molar-refractivity contribution in [2.45, 2.75) is 13.0 Å². The Labute approximate surface area is 181 Å². The van der Waals surface area contributed by atoms with Crippen molar-refractivity contribution in [2.75, 3.05) is 43.6 Å². The highest BCUT2D eigenvalue weighted by atomic mass is 16.5. The Morgan fingerprint density at radius 3 is 2.42 bits per heavy atom. The molecule has 2 aliphatic rings. The van der Waals surface area contributed by atoms with E-state index in [1.165, 1.54) is 0 Å². The summed E-state index contributed by atoms with van der Waals surface area (Å²) >= 11 is 0. The molecule has 0 bridgehead atoms. The van der Waals surface area contributed by atoms with Crippen LogP contribution in [0.1, 0.15) is 18.5 Å². The summed E-state index contributed by atoms with van der Waals surface area (Å²) in [6.07, 6.45) is 0. The highest BCUT2D eigenvalue weighted by Gasteiger charge is 2.31. The second kappa shape index (κ2) is 9.09. The minimum absolute atomic E-state index is 0.280. The Morgan fingerprint density at radius 1 is 1.10 bits per heavy atom. The molecule has 8 heteroatoms. The van der Waals surface area contributed by atoms with Crippen LogP contribution in [0.15, 0.2) is 59.8 Å². The van der Waals surface area contributed by atoms with E-state index in [-0.39, 0.29) is 11.9 Å². The van der Waals surface area contributed by atoms with E-state index in [2.05, 4.69) is 20.9 Å². The third kappa shape index (κ3) is 4.64. The zero-order valence-electron chi connectivity index (χ0n) is 17.6. The summed E-state index contributed by atoms with van der Waals surface area (Å²) in [7, 11) is 1.59. The van der Waals surface area contributed by atoms with Gasteiger partial charge in [-0.3, -0.25) is 4.79 Å². The van der Waals surface area contributed by atoms with E-state index in [4.69, 9.17) is 9.47 Å². The van der Waals surface area contributed by atoms with Gasteiger partial charge in [-0.25, -0.2) is 4.79 Å². The Bertz CT molecular complexity index is 980. The Hall–Kier alpha value is -3.52. The molecule has 0 aliphatic carbocycles. The van der Waals surface area contributed by atoms with Crippen molar-refractivity contribution in [2.24, 2.45) is 0 Å². The van der Waals surface area contributed by atoms with E-state index in [1.54, 1.807) is 38.3 Å². The summed E-state index contributed by atoms with van der Waals surface area (Å²) in [5.74, 6) is 0.427. The number of benzene rings is 2. The SMILES string of the molecule is COc1ccc(NC(=O)C2=C(C)NC(=O)NC2c2ccc(N3CCOCC3)cc2)cc1. The average Bonchev–Trinajstić information content (AvgIpc) is 2.79. The van der Waals surface area contributed by atoms with Crippen LogP contribution in [0.4, 0.5) is 16.2 Å². The molecule has 0 radical (unpaired) electrons. The lowest BCUT2D eigenvalue weighted by Crippen LogP contribution is -2.46. The van der Waals surface area contributed by atoms with Crippen LogP contribution < -0.4 is 25.6 Å². The lowest BCUT2D eigenvalue weighted by molar-refractivity contribution is -0.113. The molecule has 0 aromatic heterocycles. The second-order valence-corrected chi connectivity index (χ2v) is 7.44. The van der Waals surface area contributed by atoms with E-state index in [9.17, 15) is 9.59 Å². The number of amides is 3. The summed E-state index contributed by atoms with van der Waals surface area (Å²) in [6, 6.07) is 14.2. The van der Waals surface area contributed by atoms with Gasteiger partial charge in [-0.1, -0.05) is 12.1 Å². The van der Waals surface area contributed by atoms with Gasteiger partial charge in [0, 0.05) is 30.2 Å². The molecule has 2 aromatic rings. The number of morpholine rings is 1. The number of methoxy groups -OCH3 is 1. The first-order valence-electron chi connectivity index (χ1n) is 10.2. The molecule has 2 aromatic carbocycles. The quantitative estimate of drug-likeness (QED) is 0.689. The number of nitrogens with zero attached hydrogens (tertiary/aromatic N) is 1. The number of hydrogen-bond donors (Lipinski definition) is 3. The maximum Gasteiger partial charge on any atom is 0.319 e. The van der Waals surface area contributed by atoms with E-state index in [0.29, 0.717) is 35.9 Å². The number of urea groups is 1. The molecule has 8 nitrogen and oxygen atoms in total. The van der Waals surface area contributed by atoms with Crippen molar-refractivity contribution >= 4 is 23.3 Å². The van der Waals surface area contributed by atoms with Gasteiger partial charge < -0.3 is 30.3 Å². The van der Waals surface area contributed by atoms with Crippen LogP contribution in [-0.2, 0) is 9.53 Å². The highest BCUT2D eigenvalue weighted by Crippen LogP contribution is 2.29. The van der Waals surface area contributed by atoms with Gasteiger partial charge in [0.1, 0.15) is 5.75 Å². The molecule has 4 rings (SSSR count). The lowest BCUT2D eigenvalue weighted by Gasteiger charge is -2.31. The van der Waals surface area contributed by atoms with Crippen LogP contribution in [0.3, 0.4) is 0 Å². The van der Waals surface area contributed by atoms with Crippen molar-refractivity contribution in [3.63, 3.8) is 0 Å². The molecule has 1 unspecified atom stereocenters. The number of ether oxygens (including phenoxy) is 2. The predicted octanol–water partition coefficient (Wildman–Crippen LogP) is 2.80. The maximum absolute atomic E-state index is 13.1. The summed E-state index contributed by atoms with van der Waals surface area (Å²) < 4.78 is 10.6. The largest absolute Gasteiger partial charge is 0.497 e. The van der Waals surface area contributed by atoms with Crippen molar-refractivity contribution in [1.82, 2.24) is 10.6 Å². The van der Waals surface area contributed by atoms with Crippen LogP contribution in [0.25, 0.3) is 0 Å². The molecule has 0 spiro atoms. The smallest absolute Gasteiger partial charge is 0.319 e. The van der Waals surface area contributed by atoms with Crippen LogP contribution in [0, 0.1) is 0 Å². The van der Waals surface area contributed by atoms with Crippen LogP contribution in [0.5, 0.6) is 5.75 Å². The van der Waals surface area contributed by atoms with Crippen LogP contribution >= 0.6 is 0 Å². The van der Waals surface area contributed by atoms with E-state index < -0.39 is 6.04 Å². The maximum atomic E-state index is 13.1. The number of carbonyl (C=O) groups excluding carboxylic acids is 2. The summed E-state index contributed by atoms with van der Waals surface area (Å²) in [4.78, 5) is 27.5. The number of rotatable bonds is 5. The van der Waals surface area contributed by atoms with Crippen molar-refractivity contribution in [3.05, 3.63) is 65.4 Å². The Balaban J connectivity index is 1.56. The number of anilines is 2. The third-order valence-corrected chi connectivity index (χ3v) is 5.46. The molecule has 1 saturated heterocycles. The van der Waals surface area contributed by atoms with E-state index in [0.717, 1.165) is 24.3 Å². The molecule has 1 fully saturated rings. The Kier molecular flexibility index (Phi) is 6.08. The van der Waals surface area contributed by atoms with Gasteiger partial charge in [-0.05, 0) is 48.9 Å². The molecule has 3 N–H and O–H groups in total. The van der Waals surface area contributed by atoms with Gasteiger partial charge in [0.15, 0.2) is 0 Å². The molecule has 2 aliphatic heterocycles. The third-order valence-electron chi connectivity index (χ3n) is 5.46. The van der Waals surface area contributed by atoms with Crippen molar-refractivity contribution < 1.29 is 19.1 Å². The predicted molar refractivity (Wildman–Crippen MR) is 118 cm³/mol. The van der Waals surface area contributed by atoms with Gasteiger partial charge in [0.25, 0.3) is 5.91 Å². The fraction of sp³-hybridized carbons (Fsp3) is 0.304. The second-order valence-electron chi connectivity index (χ2n) is 7.44. The number of allylic oxidation sites excluding steroid dienone is 1. The topological polar surface area (TPSA) is 91.9 Å². The summed E-state index contributed by atoms with van der Waals surface area (Å²) in [6.45, 7) is 4.85. The minimum atomic E-state index is -0.550. The van der Waals surface area contributed by atoms with Gasteiger partial charge in [0.2, 0.25) is 0 Å². The van der Waals surface area contributed by atoms with Crippen molar-refractivity contribution in [1.29, 1.82) is 0 Å². The average molecular weight is 422 g/mol. The standard InChI is InChI=1S/C23H26N4O4/c1-15-20(22(28)25-17-5-9-19(30-2)10-6-17)21(26-23(29)24-15)16-3-7-18(8-4-16)27-11-13-31-14-12-27/h3-10,21H,11-14H2,1-2H3,(H,25,28)(H2,24,26,29). The minimum Gasteiger partial charge on any atom is -0.497 e. The van der Waals surface area contributed by atoms with Gasteiger partial charge in [-0.15, -0.1) is 0 Å². The molecular weight excluding hydrogens is 396 g/mol. The van der Waals surface area contributed by atoms with Gasteiger partial charge in [0.05, 0.1) is 31.9 Å². The molecule has 3 amide bonds.